The highest BCUT2D eigenvalue weighted by atomic mass is 16.2. The average molecular weight is 244 g/mol. The second-order valence-electron chi connectivity index (χ2n) is 5.25. The largest absolute Gasteiger partial charge is 0.314 e. The Hall–Kier alpha value is -1.82. The van der Waals surface area contributed by atoms with E-state index in [1.165, 1.54) is 11.1 Å². The van der Waals surface area contributed by atoms with E-state index < -0.39 is 5.41 Å². The fourth-order valence-electron chi connectivity index (χ4n) is 1.88. The second kappa shape index (κ2) is 4.81. The number of aryl methyl sites for hydroxylation is 1. The number of carbonyl (C=O) groups is 1. The molecular weight excluding hydrogens is 224 g/mol. The third-order valence-corrected chi connectivity index (χ3v) is 3.51. The zero-order valence-corrected chi connectivity index (χ0v) is 12.0. The molecule has 1 aromatic rings. The van der Waals surface area contributed by atoms with Crippen molar-refractivity contribution in [2.24, 2.45) is 5.41 Å². The van der Waals surface area contributed by atoms with Gasteiger partial charge in [-0.2, -0.15) is 5.26 Å². The lowest BCUT2D eigenvalue weighted by atomic mass is 9.93. The third kappa shape index (κ3) is 2.38. The number of rotatable bonds is 2. The Morgan fingerprint density at radius 3 is 2.28 bits per heavy atom. The van der Waals surface area contributed by atoms with Gasteiger partial charge < -0.3 is 4.90 Å². The third-order valence-electron chi connectivity index (χ3n) is 3.51. The zero-order valence-electron chi connectivity index (χ0n) is 12.0. The molecule has 3 nitrogen and oxygen atoms in total. The quantitative estimate of drug-likeness (QED) is 0.802. The van der Waals surface area contributed by atoms with Crippen molar-refractivity contribution in [3.8, 4) is 6.07 Å². The van der Waals surface area contributed by atoms with Crippen LogP contribution in [-0.4, -0.2) is 13.0 Å². The normalized spacial score (nSPS) is 10.9. The number of hydrogen-bond acceptors (Lipinski definition) is 2. The molecule has 0 aromatic heterocycles. The molecule has 96 valence electrons. The van der Waals surface area contributed by atoms with Crippen LogP contribution in [0.1, 0.15) is 30.5 Å². The summed E-state index contributed by atoms with van der Waals surface area (Å²) in [4.78, 5) is 13.8. The first-order chi connectivity index (χ1) is 8.22. The highest BCUT2D eigenvalue weighted by Gasteiger charge is 2.31. The Morgan fingerprint density at radius 2 is 1.78 bits per heavy atom. The van der Waals surface area contributed by atoms with Gasteiger partial charge in [-0.3, -0.25) is 4.79 Å². The van der Waals surface area contributed by atoms with E-state index in [1.807, 2.05) is 39.0 Å². The fraction of sp³-hybridized carbons (Fsp3) is 0.467. The van der Waals surface area contributed by atoms with E-state index in [4.69, 9.17) is 5.26 Å². The van der Waals surface area contributed by atoms with Crippen LogP contribution in [0.15, 0.2) is 12.1 Å². The number of nitrogens with zero attached hydrogens (tertiary/aromatic N) is 2. The van der Waals surface area contributed by atoms with Crippen molar-refractivity contribution in [1.29, 1.82) is 5.26 Å². The summed E-state index contributed by atoms with van der Waals surface area (Å²) in [7, 11) is 1.72. The van der Waals surface area contributed by atoms with Gasteiger partial charge in [0.25, 0.3) is 0 Å². The Bertz CT molecular complexity index is 524. The summed E-state index contributed by atoms with van der Waals surface area (Å²) in [5, 5.41) is 9.03. The molecule has 0 atom stereocenters. The molecular formula is C15H20N2O. The van der Waals surface area contributed by atoms with Crippen LogP contribution in [0.2, 0.25) is 0 Å². The van der Waals surface area contributed by atoms with E-state index in [0.717, 1.165) is 11.3 Å². The van der Waals surface area contributed by atoms with E-state index in [2.05, 4.69) is 0 Å². The van der Waals surface area contributed by atoms with Gasteiger partial charge in [0.05, 0.1) is 6.07 Å². The number of carbonyl (C=O) groups excluding carboxylic acids is 1. The SMILES string of the molecule is Cc1ccc(N(C)C(=O)C(C)(C)C#N)c(C)c1C. The molecule has 1 aromatic carbocycles. The highest BCUT2D eigenvalue weighted by Crippen LogP contribution is 2.27. The summed E-state index contributed by atoms with van der Waals surface area (Å²) in [5.74, 6) is -0.184. The van der Waals surface area contributed by atoms with Gasteiger partial charge in [-0.1, -0.05) is 6.07 Å². The monoisotopic (exact) mass is 244 g/mol. The molecule has 0 spiro atoms. The van der Waals surface area contributed by atoms with Gasteiger partial charge in [0.2, 0.25) is 5.91 Å². The molecule has 1 amide bonds. The van der Waals surface area contributed by atoms with Crippen molar-refractivity contribution < 1.29 is 4.79 Å². The fourth-order valence-corrected chi connectivity index (χ4v) is 1.88. The van der Waals surface area contributed by atoms with Gasteiger partial charge >= 0.3 is 0 Å². The van der Waals surface area contributed by atoms with Crippen LogP contribution >= 0.6 is 0 Å². The van der Waals surface area contributed by atoms with E-state index in [-0.39, 0.29) is 5.91 Å². The Labute approximate surface area is 109 Å². The van der Waals surface area contributed by atoms with Crippen molar-refractivity contribution in [1.82, 2.24) is 0 Å². The zero-order chi connectivity index (χ0) is 14.1. The number of benzene rings is 1. The van der Waals surface area contributed by atoms with Gasteiger partial charge in [0.15, 0.2) is 0 Å². The van der Waals surface area contributed by atoms with Gasteiger partial charge in [0.1, 0.15) is 5.41 Å². The smallest absolute Gasteiger partial charge is 0.246 e. The van der Waals surface area contributed by atoms with Gasteiger partial charge in [-0.15, -0.1) is 0 Å². The van der Waals surface area contributed by atoms with E-state index >= 15 is 0 Å². The lowest BCUT2D eigenvalue weighted by molar-refractivity contribution is -0.123. The van der Waals surface area contributed by atoms with Crippen LogP contribution in [0, 0.1) is 37.5 Å². The number of amides is 1. The summed E-state index contributed by atoms with van der Waals surface area (Å²) in [6.07, 6.45) is 0. The van der Waals surface area contributed by atoms with Crippen LogP contribution < -0.4 is 4.90 Å². The van der Waals surface area contributed by atoms with E-state index in [0.29, 0.717) is 0 Å². The first kappa shape index (κ1) is 14.2. The standard InChI is InChI=1S/C15H20N2O/c1-10-7-8-13(12(3)11(10)2)17(6)14(18)15(4,5)9-16/h7-8H,1-6H3. The minimum Gasteiger partial charge on any atom is -0.314 e. The Balaban J connectivity index is 3.22. The van der Waals surface area contributed by atoms with Crippen LogP contribution in [0.4, 0.5) is 5.69 Å². The summed E-state index contributed by atoms with van der Waals surface area (Å²) < 4.78 is 0. The maximum atomic E-state index is 12.2. The molecule has 0 bridgehead atoms. The van der Waals surface area contributed by atoms with Crippen LogP contribution in [-0.2, 0) is 4.79 Å². The number of anilines is 1. The molecule has 0 unspecified atom stereocenters. The molecule has 0 aliphatic carbocycles. The number of hydrogen-bond donors (Lipinski definition) is 0. The number of nitriles is 1. The van der Waals surface area contributed by atoms with Gasteiger partial charge in [-0.25, -0.2) is 0 Å². The van der Waals surface area contributed by atoms with E-state index in [1.54, 1.807) is 25.8 Å². The topological polar surface area (TPSA) is 44.1 Å². The molecule has 1 rings (SSSR count). The maximum Gasteiger partial charge on any atom is 0.246 e. The summed E-state index contributed by atoms with van der Waals surface area (Å²) in [6, 6.07) is 5.98. The molecule has 0 heterocycles. The van der Waals surface area contributed by atoms with Crippen LogP contribution in [0.25, 0.3) is 0 Å². The Morgan fingerprint density at radius 1 is 1.22 bits per heavy atom. The second-order valence-corrected chi connectivity index (χ2v) is 5.25. The first-order valence-electron chi connectivity index (χ1n) is 5.98. The molecule has 0 aliphatic heterocycles. The van der Waals surface area contributed by atoms with Crippen LogP contribution in [0.5, 0.6) is 0 Å². The lowest BCUT2D eigenvalue weighted by Crippen LogP contribution is -2.38. The van der Waals surface area contributed by atoms with E-state index in [9.17, 15) is 4.79 Å². The predicted molar refractivity (Wildman–Crippen MR) is 73.5 cm³/mol. The molecule has 0 aliphatic rings. The first-order valence-corrected chi connectivity index (χ1v) is 5.98. The van der Waals surface area contributed by atoms with Crippen molar-refractivity contribution >= 4 is 11.6 Å². The average Bonchev–Trinajstić information content (AvgIpc) is 2.34. The van der Waals surface area contributed by atoms with Crippen LogP contribution in [0.3, 0.4) is 0 Å². The highest BCUT2D eigenvalue weighted by molar-refractivity contribution is 5.99. The molecule has 0 saturated carbocycles. The van der Waals surface area contributed by atoms with Crippen molar-refractivity contribution in [2.45, 2.75) is 34.6 Å². The van der Waals surface area contributed by atoms with Crippen molar-refractivity contribution in [3.05, 3.63) is 28.8 Å². The summed E-state index contributed by atoms with van der Waals surface area (Å²) in [6.45, 7) is 9.38. The molecule has 0 radical (unpaired) electrons. The Kier molecular flexibility index (Phi) is 3.81. The molecule has 0 saturated heterocycles. The minimum absolute atomic E-state index is 0.184. The van der Waals surface area contributed by atoms with Crippen molar-refractivity contribution in [2.75, 3.05) is 11.9 Å². The molecule has 0 fully saturated rings. The van der Waals surface area contributed by atoms with Crippen molar-refractivity contribution in [3.63, 3.8) is 0 Å². The molecule has 18 heavy (non-hydrogen) atoms. The molecule has 0 N–H and O–H groups in total. The predicted octanol–water partition coefficient (Wildman–Crippen LogP) is 3.12. The van der Waals surface area contributed by atoms with Gasteiger partial charge in [0, 0.05) is 12.7 Å². The van der Waals surface area contributed by atoms with Gasteiger partial charge in [-0.05, 0) is 57.4 Å². The summed E-state index contributed by atoms with van der Waals surface area (Å²) >= 11 is 0. The lowest BCUT2D eigenvalue weighted by Gasteiger charge is -2.26. The molecule has 3 heteroatoms. The summed E-state index contributed by atoms with van der Waals surface area (Å²) in [5.41, 5.74) is 3.34. The maximum absolute atomic E-state index is 12.2. The minimum atomic E-state index is -1.00.